The molecule has 2 nitrogen and oxygen atoms in total. The summed E-state index contributed by atoms with van der Waals surface area (Å²) in [4.78, 5) is 12.1. The maximum Gasteiger partial charge on any atom is 0.389 e. The molecular formula is C13H22F3NO. The van der Waals surface area contributed by atoms with Crippen molar-refractivity contribution in [3.05, 3.63) is 0 Å². The summed E-state index contributed by atoms with van der Waals surface area (Å²) >= 11 is 0. The van der Waals surface area contributed by atoms with Crippen LogP contribution in [0.5, 0.6) is 0 Å². The van der Waals surface area contributed by atoms with E-state index in [0.717, 1.165) is 25.7 Å². The molecule has 106 valence electrons. The van der Waals surface area contributed by atoms with E-state index in [2.05, 4.69) is 6.92 Å². The molecule has 0 aromatic heterocycles. The lowest BCUT2D eigenvalue weighted by molar-refractivity contribution is -0.139. The van der Waals surface area contributed by atoms with Crippen LogP contribution in [-0.2, 0) is 4.79 Å². The van der Waals surface area contributed by atoms with Gasteiger partial charge in [-0.1, -0.05) is 6.92 Å². The summed E-state index contributed by atoms with van der Waals surface area (Å²) in [6, 6.07) is 0. The molecular weight excluding hydrogens is 243 g/mol. The van der Waals surface area contributed by atoms with Gasteiger partial charge in [-0.25, -0.2) is 0 Å². The predicted molar refractivity (Wildman–Crippen MR) is 64.0 cm³/mol. The first-order chi connectivity index (χ1) is 8.29. The molecule has 18 heavy (non-hydrogen) atoms. The molecule has 0 radical (unpaired) electrons. The summed E-state index contributed by atoms with van der Waals surface area (Å²) in [7, 11) is 0. The lowest BCUT2D eigenvalue weighted by Crippen LogP contribution is -2.41. The molecule has 0 heterocycles. The number of hydrogen-bond donors (Lipinski definition) is 1. The second-order valence-corrected chi connectivity index (χ2v) is 5.56. The molecule has 0 aromatic rings. The van der Waals surface area contributed by atoms with Crippen LogP contribution in [0.3, 0.4) is 0 Å². The molecule has 0 unspecified atom stereocenters. The van der Waals surface area contributed by atoms with Gasteiger partial charge in [0.05, 0.1) is 0 Å². The Morgan fingerprint density at radius 1 is 1.33 bits per heavy atom. The van der Waals surface area contributed by atoms with Crippen LogP contribution in [0.4, 0.5) is 13.2 Å². The number of Topliss-reactive ketones (excluding diaryl/α,β-unsaturated/α-hetero) is 1. The van der Waals surface area contributed by atoms with E-state index in [-0.39, 0.29) is 25.2 Å². The highest BCUT2D eigenvalue weighted by Gasteiger charge is 2.39. The van der Waals surface area contributed by atoms with Gasteiger partial charge in [-0.05, 0) is 38.0 Å². The van der Waals surface area contributed by atoms with Crippen LogP contribution in [0.1, 0.15) is 51.9 Å². The quantitative estimate of drug-likeness (QED) is 0.827. The average Bonchev–Trinajstić information content (AvgIpc) is 2.28. The van der Waals surface area contributed by atoms with Crippen LogP contribution in [-0.4, -0.2) is 18.5 Å². The van der Waals surface area contributed by atoms with Crippen molar-refractivity contribution in [2.45, 2.75) is 58.0 Å². The molecule has 2 N–H and O–H groups in total. The van der Waals surface area contributed by atoms with Gasteiger partial charge in [-0.15, -0.1) is 0 Å². The fourth-order valence-electron chi connectivity index (χ4n) is 2.63. The van der Waals surface area contributed by atoms with E-state index in [1.165, 1.54) is 0 Å². The normalized spacial score (nSPS) is 29.3. The maximum atomic E-state index is 12.1. The van der Waals surface area contributed by atoms with Gasteiger partial charge >= 0.3 is 6.18 Å². The number of ketones is 1. The van der Waals surface area contributed by atoms with Gasteiger partial charge < -0.3 is 5.73 Å². The summed E-state index contributed by atoms with van der Waals surface area (Å²) in [6.45, 7) is 2.40. The molecule has 0 aliphatic heterocycles. The van der Waals surface area contributed by atoms with E-state index in [9.17, 15) is 18.0 Å². The highest BCUT2D eigenvalue weighted by atomic mass is 19.4. The summed E-state index contributed by atoms with van der Waals surface area (Å²) in [5.74, 6) is 0.522. The molecule has 0 atom stereocenters. The first-order valence-electron chi connectivity index (χ1n) is 6.59. The zero-order valence-corrected chi connectivity index (χ0v) is 10.9. The number of carbonyl (C=O) groups is 1. The van der Waals surface area contributed by atoms with Gasteiger partial charge in [0.2, 0.25) is 0 Å². The van der Waals surface area contributed by atoms with Gasteiger partial charge in [0.15, 0.2) is 0 Å². The smallest absolute Gasteiger partial charge is 0.329 e. The monoisotopic (exact) mass is 265 g/mol. The van der Waals surface area contributed by atoms with Gasteiger partial charge in [0.1, 0.15) is 5.78 Å². The first kappa shape index (κ1) is 15.5. The summed E-state index contributed by atoms with van der Waals surface area (Å²) in [6.07, 6.45) is -1.80. The zero-order valence-electron chi connectivity index (χ0n) is 10.9. The molecule has 0 aromatic carbocycles. The molecule has 1 saturated carbocycles. The Labute approximate surface area is 106 Å². The van der Waals surface area contributed by atoms with E-state index in [4.69, 9.17) is 5.73 Å². The third-order valence-corrected chi connectivity index (χ3v) is 4.08. The minimum Gasteiger partial charge on any atom is -0.329 e. The van der Waals surface area contributed by atoms with Crippen molar-refractivity contribution in [1.82, 2.24) is 0 Å². The fourth-order valence-corrected chi connectivity index (χ4v) is 2.63. The van der Waals surface area contributed by atoms with Crippen LogP contribution < -0.4 is 5.73 Å². The van der Waals surface area contributed by atoms with Crippen molar-refractivity contribution in [2.75, 3.05) is 6.54 Å². The Bertz CT molecular complexity index is 280. The number of rotatable bonds is 5. The van der Waals surface area contributed by atoms with Crippen molar-refractivity contribution in [3.63, 3.8) is 0 Å². The van der Waals surface area contributed by atoms with Crippen molar-refractivity contribution in [1.29, 1.82) is 0 Å². The largest absolute Gasteiger partial charge is 0.389 e. The summed E-state index contributed by atoms with van der Waals surface area (Å²) in [5, 5.41) is 0. The number of hydrogen-bond acceptors (Lipinski definition) is 2. The second kappa shape index (κ2) is 6.04. The molecule has 0 saturated heterocycles. The molecule has 0 bridgehead atoms. The lowest BCUT2D eigenvalue weighted by Gasteiger charge is -2.37. The van der Waals surface area contributed by atoms with Crippen LogP contribution in [0.25, 0.3) is 0 Å². The van der Waals surface area contributed by atoms with E-state index >= 15 is 0 Å². The first-order valence-corrected chi connectivity index (χ1v) is 6.59. The van der Waals surface area contributed by atoms with Crippen molar-refractivity contribution < 1.29 is 18.0 Å². The van der Waals surface area contributed by atoms with Gasteiger partial charge in [0, 0.05) is 24.8 Å². The Kier molecular flexibility index (Phi) is 5.20. The van der Waals surface area contributed by atoms with Crippen molar-refractivity contribution in [2.24, 2.45) is 17.1 Å². The molecule has 1 fully saturated rings. The molecule has 1 aliphatic rings. The van der Waals surface area contributed by atoms with Crippen LogP contribution in [0.2, 0.25) is 0 Å². The Morgan fingerprint density at radius 2 is 1.89 bits per heavy atom. The number of alkyl halides is 3. The Morgan fingerprint density at radius 3 is 2.33 bits per heavy atom. The third kappa shape index (κ3) is 4.26. The van der Waals surface area contributed by atoms with Crippen molar-refractivity contribution >= 4 is 5.78 Å². The average molecular weight is 265 g/mol. The summed E-state index contributed by atoms with van der Waals surface area (Å²) < 4.78 is 36.1. The minimum absolute atomic E-state index is 0.00505. The predicted octanol–water partition coefficient (Wildman–Crippen LogP) is 3.44. The van der Waals surface area contributed by atoms with Crippen LogP contribution in [0.15, 0.2) is 0 Å². The second-order valence-electron chi connectivity index (χ2n) is 5.56. The number of nitrogens with two attached hydrogens (primary N) is 1. The fraction of sp³-hybridized carbons (Fsp3) is 0.923. The van der Waals surface area contributed by atoms with Crippen LogP contribution >= 0.6 is 0 Å². The van der Waals surface area contributed by atoms with Crippen LogP contribution in [0, 0.1) is 11.3 Å². The van der Waals surface area contributed by atoms with Gasteiger partial charge in [0.25, 0.3) is 0 Å². The number of carbonyl (C=O) groups excluding carboxylic acids is 1. The zero-order chi connectivity index (χ0) is 13.8. The van der Waals surface area contributed by atoms with Gasteiger partial charge in [-0.2, -0.15) is 13.2 Å². The van der Waals surface area contributed by atoms with Gasteiger partial charge in [-0.3, -0.25) is 4.79 Å². The Balaban J connectivity index is 2.47. The molecule has 1 rings (SSSR count). The molecule has 5 heteroatoms. The minimum atomic E-state index is -4.17. The third-order valence-electron chi connectivity index (χ3n) is 4.08. The highest BCUT2D eigenvalue weighted by Crippen LogP contribution is 2.40. The molecule has 1 aliphatic carbocycles. The highest BCUT2D eigenvalue weighted by molar-refractivity contribution is 5.85. The Hall–Kier alpha value is -0.580. The number of halogens is 3. The van der Waals surface area contributed by atoms with E-state index in [1.54, 1.807) is 0 Å². The standard InChI is InChI=1S/C13H22F3NO/c1-10-4-7-12(9-17,8-5-10)11(18)3-2-6-13(14,15)16/h10H,2-9,17H2,1H3. The lowest BCUT2D eigenvalue weighted by atomic mass is 9.67. The topological polar surface area (TPSA) is 43.1 Å². The van der Waals surface area contributed by atoms with E-state index < -0.39 is 18.0 Å². The SMILES string of the molecule is CC1CCC(CN)(C(=O)CCCC(F)(F)F)CC1. The molecule has 0 spiro atoms. The maximum absolute atomic E-state index is 12.1. The van der Waals surface area contributed by atoms with E-state index in [1.807, 2.05) is 0 Å². The molecule has 0 amide bonds. The summed E-state index contributed by atoms with van der Waals surface area (Å²) in [5.41, 5.74) is 5.16. The van der Waals surface area contributed by atoms with Crippen molar-refractivity contribution in [3.8, 4) is 0 Å². The van der Waals surface area contributed by atoms with E-state index in [0.29, 0.717) is 5.92 Å².